The Bertz CT molecular complexity index is 984. The second-order valence-electron chi connectivity index (χ2n) is 5.08. The lowest BCUT2D eigenvalue weighted by atomic mass is 10.3. The van der Waals surface area contributed by atoms with E-state index in [0.29, 0.717) is 12.4 Å². The Morgan fingerprint density at radius 3 is 2.84 bits per heavy atom. The van der Waals surface area contributed by atoms with E-state index < -0.39 is 0 Å². The minimum Gasteiger partial charge on any atom is -0.486 e. The number of thioether (sulfide) groups is 1. The summed E-state index contributed by atoms with van der Waals surface area (Å²) in [7, 11) is 0. The number of benzene rings is 1. The second-order valence-corrected chi connectivity index (χ2v) is 7.88. The Balaban J connectivity index is 1.36. The van der Waals surface area contributed by atoms with Gasteiger partial charge in [-0.05, 0) is 35.7 Å². The van der Waals surface area contributed by atoms with Crippen LogP contribution in [0.25, 0.3) is 10.2 Å². The summed E-state index contributed by atoms with van der Waals surface area (Å²) in [5, 5.41) is 7.01. The zero-order valence-corrected chi connectivity index (χ0v) is 15.3. The first-order valence-electron chi connectivity index (χ1n) is 7.40. The number of hydrogen-bond donors (Lipinski definition) is 0. The first-order chi connectivity index (χ1) is 12.3. The van der Waals surface area contributed by atoms with Gasteiger partial charge >= 0.3 is 0 Å². The molecule has 0 aliphatic carbocycles. The van der Waals surface area contributed by atoms with Gasteiger partial charge in [0.05, 0.1) is 5.69 Å². The SMILES string of the molecule is Fc1ccc(OCc2nc(CSc3ncnc4sccc34)cs2)cc1. The van der Waals surface area contributed by atoms with Crippen LogP contribution in [0.3, 0.4) is 0 Å². The molecule has 3 aromatic heterocycles. The predicted octanol–water partition coefficient (Wildman–Crippen LogP) is 5.16. The second kappa shape index (κ2) is 7.47. The molecule has 4 rings (SSSR count). The van der Waals surface area contributed by atoms with Crippen molar-refractivity contribution in [2.45, 2.75) is 17.4 Å². The highest BCUT2D eigenvalue weighted by molar-refractivity contribution is 7.98. The minimum atomic E-state index is -0.273. The van der Waals surface area contributed by atoms with Gasteiger partial charge in [-0.1, -0.05) is 11.8 Å². The van der Waals surface area contributed by atoms with Crippen LogP contribution in [-0.2, 0) is 12.4 Å². The molecular weight excluding hydrogens is 377 g/mol. The molecule has 0 aliphatic rings. The van der Waals surface area contributed by atoms with Crippen LogP contribution in [0.1, 0.15) is 10.7 Å². The number of thiazole rings is 1. The van der Waals surface area contributed by atoms with Gasteiger partial charge in [0.25, 0.3) is 0 Å². The molecule has 0 saturated carbocycles. The van der Waals surface area contributed by atoms with Crippen LogP contribution in [0.5, 0.6) is 5.75 Å². The largest absolute Gasteiger partial charge is 0.486 e. The highest BCUT2D eigenvalue weighted by Gasteiger charge is 2.08. The number of thiophene rings is 1. The summed E-state index contributed by atoms with van der Waals surface area (Å²) in [5.74, 6) is 1.10. The maximum absolute atomic E-state index is 12.9. The van der Waals surface area contributed by atoms with Crippen LogP contribution < -0.4 is 4.74 Å². The van der Waals surface area contributed by atoms with Crippen LogP contribution in [0.4, 0.5) is 4.39 Å². The molecule has 0 N–H and O–H groups in total. The topological polar surface area (TPSA) is 47.9 Å². The van der Waals surface area contributed by atoms with Gasteiger partial charge in [0, 0.05) is 16.5 Å². The van der Waals surface area contributed by atoms with E-state index in [-0.39, 0.29) is 5.82 Å². The lowest BCUT2D eigenvalue weighted by molar-refractivity contribution is 0.305. The number of aromatic nitrogens is 3. The third-order valence-electron chi connectivity index (χ3n) is 3.36. The van der Waals surface area contributed by atoms with Crippen molar-refractivity contribution in [3.05, 3.63) is 63.9 Å². The maximum atomic E-state index is 12.9. The van der Waals surface area contributed by atoms with Gasteiger partial charge < -0.3 is 4.74 Å². The molecule has 0 fully saturated rings. The summed E-state index contributed by atoms with van der Waals surface area (Å²) in [6, 6.07) is 8.03. The fraction of sp³-hybridized carbons (Fsp3) is 0.118. The Labute approximate surface area is 155 Å². The number of halogens is 1. The molecule has 0 unspecified atom stereocenters. The summed E-state index contributed by atoms with van der Waals surface area (Å²) in [6.07, 6.45) is 1.60. The zero-order chi connectivity index (χ0) is 17.1. The third kappa shape index (κ3) is 3.97. The molecule has 0 radical (unpaired) electrons. The normalized spacial score (nSPS) is 11.1. The van der Waals surface area contributed by atoms with Crippen molar-refractivity contribution < 1.29 is 9.13 Å². The van der Waals surface area contributed by atoms with Crippen molar-refractivity contribution in [2.75, 3.05) is 0 Å². The van der Waals surface area contributed by atoms with Gasteiger partial charge in [0.1, 0.15) is 39.4 Å². The zero-order valence-electron chi connectivity index (χ0n) is 12.9. The van der Waals surface area contributed by atoms with Gasteiger partial charge in [-0.3, -0.25) is 0 Å². The number of nitrogens with zero attached hydrogens (tertiary/aromatic N) is 3. The van der Waals surface area contributed by atoms with E-state index >= 15 is 0 Å². The van der Waals surface area contributed by atoms with Crippen molar-refractivity contribution in [1.29, 1.82) is 0 Å². The van der Waals surface area contributed by atoms with E-state index in [0.717, 1.165) is 31.7 Å². The van der Waals surface area contributed by atoms with Gasteiger partial charge in [-0.2, -0.15) is 0 Å². The molecule has 3 heterocycles. The van der Waals surface area contributed by atoms with E-state index in [2.05, 4.69) is 15.0 Å². The van der Waals surface area contributed by atoms with Crippen molar-refractivity contribution in [1.82, 2.24) is 15.0 Å². The molecule has 126 valence electrons. The summed E-state index contributed by atoms with van der Waals surface area (Å²) in [6.45, 7) is 0.378. The lowest BCUT2D eigenvalue weighted by Gasteiger charge is -2.03. The fourth-order valence-electron chi connectivity index (χ4n) is 2.18. The quantitative estimate of drug-likeness (QED) is 0.337. The van der Waals surface area contributed by atoms with Crippen LogP contribution in [0.15, 0.2) is 52.4 Å². The number of ether oxygens (including phenoxy) is 1. The standard InChI is InChI=1S/C17H12FN3OS3/c18-11-1-3-13(4-2-11)22-7-15-21-12(8-24-15)9-25-17-14-5-6-23-16(14)19-10-20-17/h1-6,8,10H,7,9H2. The Hall–Kier alpha value is -2.03. The molecule has 4 nitrogen and oxygen atoms in total. The molecular formula is C17H12FN3OS3. The summed E-state index contributed by atoms with van der Waals surface area (Å²) < 4.78 is 18.5. The van der Waals surface area contributed by atoms with E-state index in [1.807, 2.05) is 16.8 Å². The fourth-order valence-corrected chi connectivity index (χ4v) is 4.66. The van der Waals surface area contributed by atoms with Gasteiger partial charge in [0.15, 0.2) is 0 Å². The summed E-state index contributed by atoms with van der Waals surface area (Å²) >= 11 is 4.83. The molecule has 25 heavy (non-hydrogen) atoms. The average molecular weight is 390 g/mol. The smallest absolute Gasteiger partial charge is 0.140 e. The van der Waals surface area contributed by atoms with E-state index in [1.54, 1.807) is 52.9 Å². The first-order valence-corrected chi connectivity index (χ1v) is 10.1. The summed E-state index contributed by atoms with van der Waals surface area (Å²) in [5.41, 5.74) is 0.995. The van der Waals surface area contributed by atoms with Crippen molar-refractivity contribution >= 4 is 44.7 Å². The lowest BCUT2D eigenvalue weighted by Crippen LogP contribution is -1.95. The number of hydrogen-bond acceptors (Lipinski definition) is 7. The third-order valence-corrected chi connectivity index (χ3v) is 6.09. The summed E-state index contributed by atoms with van der Waals surface area (Å²) in [4.78, 5) is 14.2. The molecule has 0 saturated heterocycles. The molecule has 8 heteroatoms. The van der Waals surface area contributed by atoms with Crippen molar-refractivity contribution in [3.63, 3.8) is 0 Å². The van der Waals surface area contributed by atoms with E-state index in [1.165, 1.54) is 12.1 Å². The molecule has 0 atom stereocenters. The van der Waals surface area contributed by atoms with Gasteiger partial charge in [-0.15, -0.1) is 22.7 Å². The van der Waals surface area contributed by atoms with Crippen molar-refractivity contribution in [2.24, 2.45) is 0 Å². The molecule has 0 bridgehead atoms. The van der Waals surface area contributed by atoms with Crippen LogP contribution in [0, 0.1) is 5.82 Å². The van der Waals surface area contributed by atoms with Crippen LogP contribution >= 0.6 is 34.4 Å². The average Bonchev–Trinajstić information content (AvgIpc) is 3.29. The molecule has 4 aromatic rings. The molecule has 1 aromatic carbocycles. The van der Waals surface area contributed by atoms with Crippen molar-refractivity contribution in [3.8, 4) is 5.75 Å². The predicted molar refractivity (Wildman–Crippen MR) is 99.8 cm³/mol. The van der Waals surface area contributed by atoms with E-state index in [4.69, 9.17) is 4.74 Å². The van der Waals surface area contributed by atoms with Crippen LogP contribution in [0.2, 0.25) is 0 Å². The molecule has 0 aliphatic heterocycles. The Morgan fingerprint density at radius 1 is 1.08 bits per heavy atom. The Kier molecular flexibility index (Phi) is 4.91. The molecule has 0 amide bonds. The minimum absolute atomic E-state index is 0.273. The maximum Gasteiger partial charge on any atom is 0.140 e. The monoisotopic (exact) mass is 389 g/mol. The number of fused-ring (bicyclic) bond motifs is 1. The van der Waals surface area contributed by atoms with Crippen LogP contribution in [-0.4, -0.2) is 15.0 Å². The highest BCUT2D eigenvalue weighted by atomic mass is 32.2. The Morgan fingerprint density at radius 2 is 1.96 bits per heavy atom. The van der Waals surface area contributed by atoms with Gasteiger partial charge in [-0.25, -0.2) is 19.3 Å². The first kappa shape index (κ1) is 16.4. The van der Waals surface area contributed by atoms with E-state index in [9.17, 15) is 4.39 Å². The highest BCUT2D eigenvalue weighted by Crippen LogP contribution is 2.30. The van der Waals surface area contributed by atoms with Gasteiger partial charge in [0.2, 0.25) is 0 Å². The number of rotatable bonds is 6. The molecule has 0 spiro atoms.